The summed E-state index contributed by atoms with van der Waals surface area (Å²) in [5.41, 5.74) is 0. The number of hydrogen-bond donors (Lipinski definition) is 2. The molecule has 0 unspecified atom stereocenters. The number of nitrogens with one attached hydrogen (secondary N) is 1. The number of aliphatic carboxylic acids is 1. The Morgan fingerprint density at radius 1 is 1.73 bits per heavy atom. The molecule has 0 spiro atoms. The van der Waals surface area contributed by atoms with Gasteiger partial charge in [-0.15, -0.1) is 0 Å². The van der Waals surface area contributed by atoms with Crippen LogP contribution in [0.25, 0.3) is 0 Å². The first-order valence-electron chi connectivity index (χ1n) is 4.15. The van der Waals surface area contributed by atoms with Crippen molar-refractivity contribution in [3.8, 4) is 0 Å². The molecule has 0 bridgehead atoms. The minimum absolute atomic E-state index is 0.192. The van der Waals surface area contributed by atoms with Crippen molar-refractivity contribution in [3.63, 3.8) is 0 Å². The third kappa shape index (κ3) is 2.19. The molecule has 1 fully saturated rings. The fourth-order valence-electron chi connectivity index (χ4n) is 1.51. The second kappa shape index (κ2) is 3.72. The van der Waals surface area contributed by atoms with Crippen LogP contribution >= 0.6 is 0 Å². The summed E-state index contributed by atoms with van der Waals surface area (Å²) in [7, 11) is 0. The van der Waals surface area contributed by atoms with E-state index in [2.05, 4.69) is 5.32 Å². The first kappa shape index (κ1) is 8.53. The van der Waals surface area contributed by atoms with E-state index in [0.717, 1.165) is 25.9 Å². The molecule has 0 aliphatic carbocycles. The highest BCUT2D eigenvalue weighted by Crippen LogP contribution is 2.19. The molecule has 0 aromatic rings. The van der Waals surface area contributed by atoms with Gasteiger partial charge in [-0.2, -0.15) is 0 Å². The SMILES string of the molecule is C[C@@H](C(=O)O)[C@H]1CCCNC1. The average Bonchev–Trinajstić information content (AvgIpc) is 2.05. The third-order valence-electron chi connectivity index (χ3n) is 2.43. The predicted molar refractivity (Wildman–Crippen MR) is 42.4 cm³/mol. The molecule has 64 valence electrons. The predicted octanol–water partition coefficient (Wildman–Crippen LogP) is 0.707. The van der Waals surface area contributed by atoms with Gasteiger partial charge < -0.3 is 10.4 Å². The van der Waals surface area contributed by atoms with Crippen LogP contribution < -0.4 is 5.32 Å². The summed E-state index contributed by atoms with van der Waals surface area (Å²) in [6.45, 7) is 3.70. The molecule has 0 aromatic heterocycles. The summed E-state index contributed by atoms with van der Waals surface area (Å²) in [5, 5.41) is 11.9. The zero-order valence-electron chi connectivity index (χ0n) is 6.84. The molecule has 3 nitrogen and oxygen atoms in total. The molecule has 1 aliphatic heterocycles. The molecule has 2 N–H and O–H groups in total. The molecule has 0 radical (unpaired) electrons. The van der Waals surface area contributed by atoms with Crippen LogP contribution in [-0.2, 0) is 4.79 Å². The van der Waals surface area contributed by atoms with Crippen molar-refractivity contribution in [2.24, 2.45) is 11.8 Å². The molecule has 0 saturated carbocycles. The molecule has 1 heterocycles. The Morgan fingerprint density at radius 3 is 2.91 bits per heavy atom. The summed E-state index contributed by atoms with van der Waals surface area (Å²) >= 11 is 0. The maximum Gasteiger partial charge on any atom is 0.306 e. The standard InChI is InChI=1S/C8H15NO2/c1-6(8(10)11)7-3-2-4-9-5-7/h6-7,9H,2-5H2,1H3,(H,10,11)/t6-,7+/m1/s1. The molecule has 0 aromatic carbocycles. The molecule has 1 rings (SSSR count). The van der Waals surface area contributed by atoms with E-state index in [9.17, 15) is 4.79 Å². The Kier molecular flexibility index (Phi) is 2.88. The van der Waals surface area contributed by atoms with Crippen molar-refractivity contribution < 1.29 is 9.90 Å². The van der Waals surface area contributed by atoms with Crippen molar-refractivity contribution in [2.75, 3.05) is 13.1 Å². The van der Waals surface area contributed by atoms with Gasteiger partial charge in [0, 0.05) is 0 Å². The Bertz CT molecular complexity index is 141. The maximum atomic E-state index is 10.6. The van der Waals surface area contributed by atoms with E-state index in [-0.39, 0.29) is 5.92 Å². The lowest BCUT2D eigenvalue weighted by molar-refractivity contribution is -0.143. The normalized spacial score (nSPS) is 27.9. The lowest BCUT2D eigenvalue weighted by atomic mass is 9.88. The van der Waals surface area contributed by atoms with Crippen LogP contribution in [-0.4, -0.2) is 24.2 Å². The highest BCUT2D eigenvalue weighted by molar-refractivity contribution is 5.69. The van der Waals surface area contributed by atoms with Crippen LogP contribution in [0.3, 0.4) is 0 Å². The number of carboxylic acid groups (broad SMARTS) is 1. The van der Waals surface area contributed by atoms with Gasteiger partial charge in [0.2, 0.25) is 0 Å². The molecular formula is C8H15NO2. The van der Waals surface area contributed by atoms with Crippen molar-refractivity contribution >= 4 is 5.97 Å². The fourth-order valence-corrected chi connectivity index (χ4v) is 1.51. The van der Waals surface area contributed by atoms with Gasteiger partial charge in [-0.05, 0) is 31.8 Å². The Balaban J connectivity index is 2.38. The van der Waals surface area contributed by atoms with Gasteiger partial charge in [0.1, 0.15) is 0 Å². The summed E-state index contributed by atoms with van der Waals surface area (Å²) < 4.78 is 0. The second-order valence-electron chi connectivity index (χ2n) is 3.23. The third-order valence-corrected chi connectivity index (χ3v) is 2.43. The van der Waals surface area contributed by atoms with Gasteiger partial charge in [-0.3, -0.25) is 4.79 Å². The van der Waals surface area contributed by atoms with E-state index < -0.39 is 5.97 Å². The van der Waals surface area contributed by atoms with Gasteiger partial charge in [0.25, 0.3) is 0 Å². The van der Waals surface area contributed by atoms with Crippen molar-refractivity contribution in [2.45, 2.75) is 19.8 Å². The smallest absolute Gasteiger partial charge is 0.306 e. The lowest BCUT2D eigenvalue weighted by Crippen LogP contribution is -2.35. The first-order chi connectivity index (χ1) is 5.22. The van der Waals surface area contributed by atoms with E-state index in [1.165, 1.54) is 0 Å². The largest absolute Gasteiger partial charge is 0.481 e. The summed E-state index contributed by atoms with van der Waals surface area (Å²) in [6.07, 6.45) is 2.17. The molecule has 3 heteroatoms. The van der Waals surface area contributed by atoms with Crippen LogP contribution in [0.5, 0.6) is 0 Å². The molecule has 2 atom stereocenters. The Hall–Kier alpha value is -0.570. The number of carboxylic acids is 1. The zero-order chi connectivity index (χ0) is 8.27. The minimum Gasteiger partial charge on any atom is -0.481 e. The van der Waals surface area contributed by atoms with E-state index in [4.69, 9.17) is 5.11 Å². The Labute approximate surface area is 66.8 Å². The van der Waals surface area contributed by atoms with Gasteiger partial charge in [0.15, 0.2) is 0 Å². The molecule has 0 amide bonds. The van der Waals surface area contributed by atoms with E-state index in [1.54, 1.807) is 6.92 Å². The van der Waals surface area contributed by atoms with E-state index in [1.807, 2.05) is 0 Å². The first-order valence-corrected chi connectivity index (χ1v) is 4.15. The van der Waals surface area contributed by atoms with Crippen molar-refractivity contribution in [1.29, 1.82) is 0 Å². The maximum absolute atomic E-state index is 10.6. The van der Waals surface area contributed by atoms with Crippen LogP contribution in [0.4, 0.5) is 0 Å². The van der Waals surface area contributed by atoms with E-state index in [0.29, 0.717) is 5.92 Å². The van der Waals surface area contributed by atoms with Gasteiger partial charge in [-0.1, -0.05) is 6.92 Å². The highest BCUT2D eigenvalue weighted by atomic mass is 16.4. The molecule has 1 aliphatic rings. The lowest BCUT2D eigenvalue weighted by Gasteiger charge is -2.25. The monoisotopic (exact) mass is 157 g/mol. The molecule has 11 heavy (non-hydrogen) atoms. The van der Waals surface area contributed by atoms with Gasteiger partial charge in [0.05, 0.1) is 5.92 Å². The number of piperidine rings is 1. The zero-order valence-corrected chi connectivity index (χ0v) is 6.84. The quantitative estimate of drug-likeness (QED) is 0.620. The summed E-state index contributed by atoms with van der Waals surface area (Å²) in [6, 6.07) is 0. The van der Waals surface area contributed by atoms with Crippen molar-refractivity contribution in [3.05, 3.63) is 0 Å². The summed E-state index contributed by atoms with van der Waals surface area (Å²) in [4.78, 5) is 10.6. The molecule has 1 saturated heterocycles. The average molecular weight is 157 g/mol. The highest BCUT2D eigenvalue weighted by Gasteiger charge is 2.24. The number of carbonyl (C=O) groups is 1. The second-order valence-corrected chi connectivity index (χ2v) is 3.23. The van der Waals surface area contributed by atoms with Crippen LogP contribution in [0.1, 0.15) is 19.8 Å². The van der Waals surface area contributed by atoms with Crippen LogP contribution in [0.2, 0.25) is 0 Å². The van der Waals surface area contributed by atoms with E-state index >= 15 is 0 Å². The Morgan fingerprint density at radius 2 is 2.45 bits per heavy atom. The number of rotatable bonds is 2. The fraction of sp³-hybridized carbons (Fsp3) is 0.875. The minimum atomic E-state index is -0.668. The van der Waals surface area contributed by atoms with Crippen molar-refractivity contribution in [1.82, 2.24) is 5.32 Å². The topological polar surface area (TPSA) is 49.3 Å². The molecular weight excluding hydrogens is 142 g/mol. The van der Waals surface area contributed by atoms with Crippen LogP contribution in [0, 0.1) is 11.8 Å². The van der Waals surface area contributed by atoms with Gasteiger partial charge in [-0.25, -0.2) is 0 Å². The van der Waals surface area contributed by atoms with Crippen LogP contribution in [0.15, 0.2) is 0 Å². The van der Waals surface area contributed by atoms with Gasteiger partial charge >= 0.3 is 5.97 Å². The summed E-state index contributed by atoms with van der Waals surface area (Å²) in [5.74, 6) is -0.525. The number of hydrogen-bond acceptors (Lipinski definition) is 2.